The fourth-order valence-corrected chi connectivity index (χ4v) is 4.85. The van der Waals surface area contributed by atoms with Gasteiger partial charge in [0.2, 0.25) is 11.6 Å². The van der Waals surface area contributed by atoms with Crippen molar-refractivity contribution >= 4 is 29.5 Å². The van der Waals surface area contributed by atoms with Crippen LogP contribution in [0.25, 0.3) is 5.82 Å². The molecule has 3 N–H and O–H groups in total. The Labute approximate surface area is 245 Å². The topological polar surface area (TPSA) is 159 Å². The molecule has 1 fully saturated rings. The minimum Gasteiger partial charge on any atom is -0.493 e. The van der Waals surface area contributed by atoms with Crippen molar-refractivity contribution in [1.82, 2.24) is 35.6 Å². The minimum absolute atomic E-state index is 0.0243. The molecule has 0 bridgehead atoms. The number of carbonyl (C=O) groups is 1. The molecular weight excluding hydrogens is 569 g/mol. The van der Waals surface area contributed by atoms with Gasteiger partial charge in [0.1, 0.15) is 12.4 Å². The SMILES string of the molecule is COc1cc(C=NNC(=O)c2nnn(-c3nonc3N)c2CN2CCCCC2C)ccc1OCc1c(F)cccc1Cl. The summed E-state index contributed by atoms with van der Waals surface area (Å²) in [6, 6.07) is 9.76. The lowest BCUT2D eigenvalue weighted by atomic mass is 10.0. The highest BCUT2D eigenvalue weighted by molar-refractivity contribution is 6.31. The van der Waals surface area contributed by atoms with E-state index in [1.807, 2.05) is 0 Å². The van der Waals surface area contributed by atoms with Gasteiger partial charge in [0.15, 0.2) is 17.2 Å². The van der Waals surface area contributed by atoms with Crippen LogP contribution < -0.4 is 20.6 Å². The smallest absolute Gasteiger partial charge is 0.293 e. The summed E-state index contributed by atoms with van der Waals surface area (Å²) in [5, 5.41) is 20.0. The second-order valence-electron chi connectivity index (χ2n) is 9.68. The molecule has 42 heavy (non-hydrogen) atoms. The Hall–Kier alpha value is -4.56. The average Bonchev–Trinajstić information content (AvgIpc) is 3.59. The summed E-state index contributed by atoms with van der Waals surface area (Å²) < 4.78 is 31.4. The molecule has 5 rings (SSSR count). The van der Waals surface area contributed by atoms with E-state index in [4.69, 9.17) is 31.4 Å². The Balaban J connectivity index is 1.30. The van der Waals surface area contributed by atoms with Crippen molar-refractivity contribution in [3.8, 4) is 17.3 Å². The summed E-state index contributed by atoms with van der Waals surface area (Å²) in [5.74, 6) is -0.0885. The molecule has 220 valence electrons. The number of hydrogen-bond acceptors (Lipinski definition) is 11. The Morgan fingerprint density at radius 3 is 2.88 bits per heavy atom. The first kappa shape index (κ1) is 29.0. The van der Waals surface area contributed by atoms with Crippen LogP contribution in [-0.4, -0.2) is 62.0 Å². The summed E-state index contributed by atoms with van der Waals surface area (Å²) in [6.07, 6.45) is 4.68. The molecule has 1 atom stereocenters. The van der Waals surface area contributed by atoms with Crippen LogP contribution in [0.4, 0.5) is 10.2 Å². The van der Waals surface area contributed by atoms with Gasteiger partial charge in [-0.15, -0.1) is 5.10 Å². The standard InChI is InChI=1S/C27H29ClFN9O4/c1-16-6-3-4-11-37(16)14-21-24(32-36-38(21)26-25(30)34-42-35-26)27(39)33-31-13-17-9-10-22(23(12-17)40-2)41-15-18-19(28)7-5-8-20(18)29/h5,7-10,12-13,16H,3-4,6,11,14-15H2,1-2H3,(H2,30,34)(H,33,39). The maximum atomic E-state index is 14.1. The molecule has 13 nitrogen and oxygen atoms in total. The molecule has 1 saturated heterocycles. The van der Waals surface area contributed by atoms with Crippen molar-refractivity contribution in [3.63, 3.8) is 0 Å². The Bertz CT molecular complexity index is 1570. The van der Waals surface area contributed by atoms with E-state index >= 15 is 0 Å². The van der Waals surface area contributed by atoms with Gasteiger partial charge in [-0.05, 0) is 72.5 Å². The fourth-order valence-electron chi connectivity index (χ4n) is 4.63. The number of likely N-dealkylation sites (tertiary alicyclic amines) is 1. The molecule has 0 spiro atoms. The second kappa shape index (κ2) is 13.0. The van der Waals surface area contributed by atoms with Crippen LogP contribution in [0.15, 0.2) is 46.1 Å². The van der Waals surface area contributed by atoms with Crippen LogP contribution in [-0.2, 0) is 13.2 Å². The van der Waals surface area contributed by atoms with Crippen molar-refractivity contribution in [2.75, 3.05) is 19.4 Å². The van der Waals surface area contributed by atoms with Gasteiger partial charge in [-0.1, -0.05) is 29.3 Å². The van der Waals surface area contributed by atoms with E-state index in [1.165, 1.54) is 30.1 Å². The molecule has 0 saturated carbocycles. The number of nitrogens with two attached hydrogens (primary N) is 1. The number of hydrazone groups is 1. The molecule has 0 radical (unpaired) electrons. The van der Waals surface area contributed by atoms with Crippen LogP contribution in [0.1, 0.15) is 53.5 Å². The quantitative estimate of drug-likeness (QED) is 0.204. The van der Waals surface area contributed by atoms with Crippen molar-refractivity contribution in [2.45, 2.75) is 45.4 Å². The second-order valence-corrected chi connectivity index (χ2v) is 10.1. The first-order chi connectivity index (χ1) is 20.4. The minimum atomic E-state index is -0.569. The number of carbonyl (C=O) groups excluding carboxylic acids is 1. The van der Waals surface area contributed by atoms with Crippen molar-refractivity contribution in [1.29, 1.82) is 0 Å². The third-order valence-corrected chi connectivity index (χ3v) is 7.32. The maximum Gasteiger partial charge on any atom is 0.293 e. The number of methoxy groups -OCH3 is 1. The molecular formula is C27H29ClFN9O4. The third kappa shape index (κ3) is 6.34. The maximum absolute atomic E-state index is 14.1. The monoisotopic (exact) mass is 597 g/mol. The van der Waals surface area contributed by atoms with Gasteiger partial charge in [0.25, 0.3) is 5.91 Å². The number of ether oxygens (including phenoxy) is 2. The summed E-state index contributed by atoms with van der Waals surface area (Å²) in [6.45, 7) is 3.32. The molecule has 3 heterocycles. The number of aromatic nitrogens is 5. The van der Waals surface area contributed by atoms with Crippen LogP contribution in [0.5, 0.6) is 11.5 Å². The zero-order valence-electron chi connectivity index (χ0n) is 23.0. The number of hydrogen-bond donors (Lipinski definition) is 2. The molecule has 2 aromatic carbocycles. The van der Waals surface area contributed by atoms with Gasteiger partial charge in [-0.3, -0.25) is 9.69 Å². The van der Waals surface area contributed by atoms with Gasteiger partial charge >= 0.3 is 0 Å². The van der Waals surface area contributed by atoms with E-state index in [2.05, 4.69) is 43.0 Å². The number of rotatable bonds is 10. The van der Waals surface area contributed by atoms with Crippen LogP contribution in [0, 0.1) is 5.82 Å². The zero-order valence-corrected chi connectivity index (χ0v) is 23.7. The molecule has 1 aliphatic rings. The number of nitrogens with one attached hydrogen (secondary N) is 1. The van der Waals surface area contributed by atoms with E-state index < -0.39 is 11.7 Å². The molecule has 1 aliphatic heterocycles. The Morgan fingerprint density at radius 2 is 2.14 bits per heavy atom. The van der Waals surface area contributed by atoms with Crippen LogP contribution in [0.2, 0.25) is 5.02 Å². The van der Waals surface area contributed by atoms with Gasteiger partial charge in [0.05, 0.1) is 24.0 Å². The summed E-state index contributed by atoms with van der Waals surface area (Å²) in [4.78, 5) is 15.4. The Kier molecular flexibility index (Phi) is 8.93. The van der Waals surface area contributed by atoms with E-state index in [0.29, 0.717) is 35.3 Å². The summed E-state index contributed by atoms with van der Waals surface area (Å²) in [5.41, 5.74) is 9.79. The largest absolute Gasteiger partial charge is 0.493 e. The Morgan fingerprint density at radius 1 is 1.29 bits per heavy atom. The number of piperidine rings is 1. The molecule has 1 unspecified atom stereocenters. The van der Waals surface area contributed by atoms with E-state index in [-0.39, 0.29) is 34.5 Å². The highest BCUT2D eigenvalue weighted by Gasteiger charge is 2.28. The summed E-state index contributed by atoms with van der Waals surface area (Å²) in [7, 11) is 1.48. The predicted molar refractivity (Wildman–Crippen MR) is 151 cm³/mol. The zero-order chi connectivity index (χ0) is 29.6. The molecule has 1 amide bonds. The first-order valence-electron chi connectivity index (χ1n) is 13.2. The van der Waals surface area contributed by atoms with Crippen molar-refractivity contribution < 1.29 is 23.3 Å². The lowest BCUT2D eigenvalue weighted by Gasteiger charge is -2.33. The van der Waals surface area contributed by atoms with Crippen LogP contribution in [0.3, 0.4) is 0 Å². The van der Waals surface area contributed by atoms with Crippen molar-refractivity contribution in [3.05, 3.63) is 69.8 Å². The third-order valence-electron chi connectivity index (χ3n) is 6.97. The number of halogens is 2. The normalized spacial score (nSPS) is 15.7. The van der Waals surface area contributed by atoms with E-state index in [1.54, 1.807) is 24.3 Å². The summed E-state index contributed by atoms with van der Waals surface area (Å²) >= 11 is 6.09. The van der Waals surface area contributed by atoms with E-state index in [9.17, 15) is 9.18 Å². The number of nitrogen functional groups attached to an aromatic ring is 1. The number of benzene rings is 2. The average molecular weight is 598 g/mol. The fraction of sp³-hybridized carbons (Fsp3) is 0.333. The lowest BCUT2D eigenvalue weighted by Crippen LogP contribution is -2.38. The number of anilines is 1. The van der Waals surface area contributed by atoms with Gasteiger partial charge in [-0.2, -0.15) is 9.78 Å². The number of amides is 1. The lowest BCUT2D eigenvalue weighted by molar-refractivity contribution is 0.0945. The van der Waals surface area contributed by atoms with Gasteiger partial charge < -0.3 is 15.2 Å². The molecule has 15 heteroatoms. The first-order valence-corrected chi connectivity index (χ1v) is 13.6. The van der Waals surface area contributed by atoms with Gasteiger partial charge in [-0.25, -0.2) is 14.4 Å². The number of nitrogens with zero attached hydrogens (tertiary/aromatic N) is 7. The molecule has 0 aliphatic carbocycles. The van der Waals surface area contributed by atoms with Gasteiger partial charge in [0, 0.05) is 18.2 Å². The highest BCUT2D eigenvalue weighted by Crippen LogP contribution is 2.30. The molecule has 2 aromatic heterocycles. The van der Waals surface area contributed by atoms with Crippen molar-refractivity contribution in [2.24, 2.45) is 5.10 Å². The highest BCUT2D eigenvalue weighted by atomic mass is 35.5. The molecule has 4 aromatic rings. The van der Waals surface area contributed by atoms with Crippen LogP contribution >= 0.6 is 11.6 Å². The predicted octanol–water partition coefficient (Wildman–Crippen LogP) is 3.75. The van der Waals surface area contributed by atoms with E-state index in [0.717, 1.165) is 25.8 Å².